The lowest BCUT2D eigenvalue weighted by atomic mass is 10.1. The Hall–Kier alpha value is -1.76. The highest BCUT2D eigenvalue weighted by Crippen LogP contribution is 2.39. The molecule has 4 N–H and O–H groups in total. The average Bonchev–Trinajstić information content (AvgIpc) is 3.01. The zero-order chi connectivity index (χ0) is 14.1. The van der Waals surface area contributed by atoms with Crippen LogP contribution in [0.25, 0.3) is 10.4 Å². The Kier molecular flexibility index (Phi) is 3.52. The maximum Gasteiger partial charge on any atom is 0.248 e. The molecule has 0 saturated carbocycles. The Morgan fingerprint density at radius 1 is 1.25 bits per heavy atom. The van der Waals surface area contributed by atoms with Crippen molar-refractivity contribution < 1.29 is 0 Å². The first-order chi connectivity index (χ1) is 9.63. The molecule has 8 heteroatoms. The summed E-state index contributed by atoms with van der Waals surface area (Å²) in [5.74, 6) is 0.596. The van der Waals surface area contributed by atoms with E-state index in [-0.39, 0.29) is 5.95 Å². The summed E-state index contributed by atoms with van der Waals surface area (Å²) in [5, 5.41) is 12.5. The highest BCUT2D eigenvalue weighted by molar-refractivity contribution is 7.13. The van der Waals surface area contributed by atoms with Crippen molar-refractivity contribution in [1.29, 1.82) is 0 Å². The van der Waals surface area contributed by atoms with Crippen molar-refractivity contribution in [3.8, 4) is 10.4 Å². The number of nitrogen functional groups attached to an aromatic ring is 1. The van der Waals surface area contributed by atoms with E-state index in [4.69, 9.17) is 28.9 Å². The summed E-state index contributed by atoms with van der Waals surface area (Å²) < 4.78 is 0. The third-order valence-electron chi connectivity index (χ3n) is 2.57. The molecular weight excluding hydrogens is 317 g/mol. The minimum atomic E-state index is 0.236. The highest BCUT2D eigenvalue weighted by atomic mass is 35.5. The molecule has 102 valence electrons. The SMILES string of the molecule is Nc1nc(Nc2cc(Cl)c(-c3cccs3)c(Cl)c2)n[nH]1. The molecule has 3 aromatic rings. The van der Waals surface area contributed by atoms with Crippen LogP contribution in [0.5, 0.6) is 0 Å². The number of benzene rings is 1. The van der Waals surface area contributed by atoms with Crippen LogP contribution >= 0.6 is 34.5 Å². The van der Waals surface area contributed by atoms with E-state index in [9.17, 15) is 0 Å². The number of halogens is 2. The molecule has 0 fully saturated rings. The Balaban J connectivity index is 1.95. The Bertz CT molecular complexity index is 715. The zero-order valence-electron chi connectivity index (χ0n) is 10.0. The molecule has 0 aliphatic heterocycles. The van der Waals surface area contributed by atoms with Gasteiger partial charge in [-0.1, -0.05) is 29.3 Å². The molecule has 0 saturated heterocycles. The second-order valence-corrected chi connectivity index (χ2v) is 5.72. The molecule has 0 amide bonds. The van der Waals surface area contributed by atoms with Crippen molar-refractivity contribution >= 4 is 52.1 Å². The van der Waals surface area contributed by atoms with Crippen LogP contribution in [0, 0.1) is 0 Å². The first kappa shape index (κ1) is 13.2. The fourth-order valence-corrected chi connectivity index (χ4v) is 3.36. The van der Waals surface area contributed by atoms with Gasteiger partial charge in [0.2, 0.25) is 11.9 Å². The van der Waals surface area contributed by atoms with Gasteiger partial charge in [-0.05, 0) is 23.6 Å². The van der Waals surface area contributed by atoms with Crippen LogP contribution in [0.2, 0.25) is 10.0 Å². The Morgan fingerprint density at radius 3 is 2.55 bits per heavy atom. The number of hydrogen-bond donors (Lipinski definition) is 3. The lowest BCUT2D eigenvalue weighted by Gasteiger charge is -2.09. The predicted octanol–water partition coefficient (Wildman–Crippen LogP) is 4.17. The number of aromatic amines is 1. The van der Waals surface area contributed by atoms with Crippen LogP contribution in [0.15, 0.2) is 29.6 Å². The molecule has 20 heavy (non-hydrogen) atoms. The van der Waals surface area contributed by atoms with E-state index in [2.05, 4.69) is 20.5 Å². The van der Waals surface area contributed by atoms with Crippen molar-refractivity contribution in [2.24, 2.45) is 0 Å². The largest absolute Gasteiger partial charge is 0.368 e. The first-order valence-electron chi connectivity index (χ1n) is 5.61. The molecule has 0 unspecified atom stereocenters. The molecule has 0 radical (unpaired) electrons. The van der Waals surface area contributed by atoms with Crippen molar-refractivity contribution in [1.82, 2.24) is 15.2 Å². The molecule has 0 aliphatic rings. The number of nitrogens with two attached hydrogens (primary N) is 1. The van der Waals surface area contributed by atoms with Crippen molar-refractivity contribution in [3.05, 3.63) is 39.7 Å². The predicted molar refractivity (Wildman–Crippen MR) is 83.9 cm³/mol. The number of aromatic nitrogens is 3. The van der Waals surface area contributed by atoms with Crippen LogP contribution in [0.4, 0.5) is 17.6 Å². The second-order valence-electron chi connectivity index (χ2n) is 3.96. The average molecular weight is 326 g/mol. The van der Waals surface area contributed by atoms with E-state index in [0.717, 1.165) is 10.4 Å². The van der Waals surface area contributed by atoms with Gasteiger partial charge in [-0.15, -0.1) is 16.4 Å². The standard InChI is InChI=1S/C12H9Cl2N5S/c13-7-4-6(16-12-17-11(15)18-19-12)5-8(14)10(7)9-2-1-3-20-9/h1-5H,(H4,15,16,17,18,19). The van der Waals surface area contributed by atoms with Gasteiger partial charge in [0.1, 0.15) is 0 Å². The summed E-state index contributed by atoms with van der Waals surface area (Å²) in [5.41, 5.74) is 6.98. The van der Waals surface area contributed by atoms with Gasteiger partial charge >= 0.3 is 0 Å². The molecular formula is C12H9Cl2N5S. The van der Waals surface area contributed by atoms with E-state index in [0.29, 0.717) is 21.7 Å². The highest BCUT2D eigenvalue weighted by Gasteiger charge is 2.12. The number of nitrogens with zero attached hydrogens (tertiary/aromatic N) is 2. The normalized spacial score (nSPS) is 10.7. The zero-order valence-corrected chi connectivity index (χ0v) is 12.4. The molecule has 1 aromatic carbocycles. The van der Waals surface area contributed by atoms with Crippen LogP contribution < -0.4 is 11.1 Å². The van der Waals surface area contributed by atoms with Crippen LogP contribution in [-0.2, 0) is 0 Å². The summed E-state index contributed by atoms with van der Waals surface area (Å²) in [6, 6.07) is 7.47. The molecule has 3 rings (SSSR count). The maximum atomic E-state index is 6.31. The molecule has 5 nitrogen and oxygen atoms in total. The summed E-state index contributed by atoms with van der Waals surface area (Å²) in [6.07, 6.45) is 0. The Labute approximate surface area is 128 Å². The van der Waals surface area contributed by atoms with Crippen LogP contribution in [-0.4, -0.2) is 15.2 Å². The van der Waals surface area contributed by atoms with Gasteiger partial charge in [-0.25, -0.2) is 5.10 Å². The van der Waals surface area contributed by atoms with E-state index >= 15 is 0 Å². The summed E-state index contributed by atoms with van der Waals surface area (Å²) in [7, 11) is 0. The summed E-state index contributed by atoms with van der Waals surface area (Å²) in [6.45, 7) is 0. The third kappa shape index (κ3) is 2.58. The molecule has 0 aliphatic carbocycles. The smallest absolute Gasteiger partial charge is 0.248 e. The van der Waals surface area contributed by atoms with Crippen molar-refractivity contribution in [2.75, 3.05) is 11.1 Å². The van der Waals surface area contributed by atoms with E-state index in [1.807, 2.05) is 17.5 Å². The monoisotopic (exact) mass is 325 g/mol. The Morgan fingerprint density at radius 2 is 2.00 bits per heavy atom. The summed E-state index contributed by atoms with van der Waals surface area (Å²) in [4.78, 5) is 4.98. The number of thiophene rings is 1. The molecule has 0 bridgehead atoms. The number of hydrogen-bond acceptors (Lipinski definition) is 5. The maximum absolute atomic E-state index is 6.31. The van der Waals surface area contributed by atoms with Gasteiger partial charge in [0.15, 0.2) is 0 Å². The van der Waals surface area contributed by atoms with E-state index < -0.39 is 0 Å². The lowest BCUT2D eigenvalue weighted by Crippen LogP contribution is -1.94. The number of anilines is 3. The summed E-state index contributed by atoms with van der Waals surface area (Å²) >= 11 is 14.2. The van der Waals surface area contributed by atoms with Gasteiger partial charge in [-0.3, -0.25) is 0 Å². The third-order valence-corrected chi connectivity index (χ3v) is 4.05. The van der Waals surface area contributed by atoms with Gasteiger partial charge in [0.05, 0.1) is 10.0 Å². The van der Waals surface area contributed by atoms with E-state index in [1.165, 1.54) is 0 Å². The molecule has 2 heterocycles. The topological polar surface area (TPSA) is 79.6 Å². The van der Waals surface area contributed by atoms with Crippen LogP contribution in [0.1, 0.15) is 0 Å². The number of H-pyrrole nitrogens is 1. The number of rotatable bonds is 3. The van der Waals surface area contributed by atoms with Gasteiger partial charge in [0, 0.05) is 16.1 Å². The van der Waals surface area contributed by atoms with Gasteiger partial charge < -0.3 is 11.1 Å². The quantitative estimate of drug-likeness (QED) is 0.675. The minimum Gasteiger partial charge on any atom is -0.368 e. The molecule has 2 aromatic heterocycles. The van der Waals surface area contributed by atoms with Crippen molar-refractivity contribution in [3.63, 3.8) is 0 Å². The fourth-order valence-electron chi connectivity index (χ4n) is 1.76. The van der Waals surface area contributed by atoms with Crippen molar-refractivity contribution in [2.45, 2.75) is 0 Å². The van der Waals surface area contributed by atoms with Crippen LogP contribution in [0.3, 0.4) is 0 Å². The molecule has 0 spiro atoms. The fraction of sp³-hybridized carbons (Fsp3) is 0. The second kappa shape index (κ2) is 5.32. The van der Waals surface area contributed by atoms with Gasteiger partial charge in [-0.2, -0.15) is 4.98 Å². The lowest BCUT2D eigenvalue weighted by molar-refractivity contribution is 1.10. The minimum absolute atomic E-state index is 0.236. The molecule has 0 atom stereocenters. The van der Waals surface area contributed by atoms with E-state index in [1.54, 1.807) is 23.5 Å². The first-order valence-corrected chi connectivity index (χ1v) is 7.25. The van der Waals surface area contributed by atoms with Gasteiger partial charge in [0.25, 0.3) is 0 Å². The number of nitrogens with one attached hydrogen (secondary N) is 2.